The number of para-hydroxylation sites is 1. The Morgan fingerprint density at radius 3 is 2.91 bits per heavy atom. The van der Waals surface area contributed by atoms with Gasteiger partial charge >= 0.3 is 5.97 Å². The summed E-state index contributed by atoms with van der Waals surface area (Å²) in [6.45, 7) is 9.15. The van der Waals surface area contributed by atoms with Crippen molar-refractivity contribution in [1.29, 1.82) is 0 Å². The van der Waals surface area contributed by atoms with Crippen molar-refractivity contribution >= 4 is 22.7 Å². The Labute approximate surface area is 254 Å². The minimum Gasteiger partial charge on any atom is -0.459 e. The molecule has 2 aromatic heterocycles. The second-order valence-electron chi connectivity index (χ2n) is 13.5. The molecule has 43 heavy (non-hydrogen) atoms. The Kier molecular flexibility index (Phi) is 9.00. The molecule has 4 atom stereocenters. The summed E-state index contributed by atoms with van der Waals surface area (Å²) in [7, 11) is 0. The summed E-state index contributed by atoms with van der Waals surface area (Å²) in [5.41, 5.74) is 3.56. The summed E-state index contributed by atoms with van der Waals surface area (Å²) in [4.78, 5) is 20.8. The molecule has 3 aromatic rings. The molecule has 3 unspecified atom stereocenters. The van der Waals surface area contributed by atoms with Crippen molar-refractivity contribution in [2.24, 2.45) is 5.92 Å². The van der Waals surface area contributed by atoms with E-state index in [1.165, 1.54) is 5.56 Å². The minimum absolute atomic E-state index is 0.108. The molecule has 9 heteroatoms. The molecule has 2 saturated heterocycles. The van der Waals surface area contributed by atoms with Gasteiger partial charge in [0.1, 0.15) is 23.6 Å². The molecule has 0 radical (unpaired) electrons. The predicted molar refractivity (Wildman–Crippen MR) is 166 cm³/mol. The zero-order valence-electron chi connectivity index (χ0n) is 25.9. The molecule has 232 valence electrons. The molecule has 0 bridgehead atoms. The highest BCUT2D eigenvalue weighted by atomic mass is 19.1. The number of alkyl halides is 1. The minimum atomic E-state index is -0.903. The van der Waals surface area contributed by atoms with Gasteiger partial charge in [0, 0.05) is 42.3 Å². The van der Waals surface area contributed by atoms with Crippen molar-refractivity contribution < 1.29 is 18.7 Å². The summed E-state index contributed by atoms with van der Waals surface area (Å²) < 4.78 is 29.3. The average Bonchev–Trinajstić information content (AvgIpc) is 3.76. The molecular formula is C34H46FN5O3. The lowest BCUT2D eigenvalue weighted by Crippen LogP contribution is -2.38. The first kappa shape index (κ1) is 30.0. The Morgan fingerprint density at radius 2 is 2.09 bits per heavy atom. The van der Waals surface area contributed by atoms with Gasteiger partial charge in [-0.25, -0.2) is 14.2 Å². The van der Waals surface area contributed by atoms with Crippen molar-refractivity contribution in [2.45, 2.75) is 96.0 Å². The van der Waals surface area contributed by atoms with Crippen LogP contribution in [-0.2, 0) is 27.1 Å². The van der Waals surface area contributed by atoms with E-state index in [4.69, 9.17) is 19.6 Å². The molecule has 5 heterocycles. The van der Waals surface area contributed by atoms with E-state index in [0.717, 1.165) is 79.5 Å². The summed E-state index contributed by atoms with van der Waals surface area (Å²) >= 11 is 0. The Morgan fingerprint density at radius 1 is 1.21 bits per heavy atom. The van der Waals surface area contributed by atoms with Crippen molar-refractivity contribution in [3.8, 4) is 0 Å². The van der Waals surface area contributed by atoms with Crippen molar-refractivity contribution in [1.82, 2.24) is 19.7 Å². The van der Waals surface area contributed by atoms with Crippen LogP contribution in [0.4, 0.5) is 10.2 Å². The first-order valence-electron chi connectivity index (χ1n) is 16.1. The molecule has 1 N–H and O–H groups in total. The molecule has 3 aliphatic heterocycles. The van der Waals surface area contributed by atoms with Gasteiger partial charge in [-0.2, -0.15) is 5.10 Å². The topological polar surface area (TPSA) is 81.5 Å². The zero-order chi connectivity index (χ0) is 30.0. The average molecular weight is 592 g/mol. The van der Waals surface area contributed by atoms with E-state index < -0.39 is 17.8 Å². The number of carbonyl (C=O) groups is 1. The van der Waals surface area contributed by atoms with Crippen LogP contribution in [0.3, 0.4) is 0 Å². The summed E-state index contributed by atoms with van der Waals surface area (Å²) in [6, 6.07) is 9.83. The number of fused-ring (bicyclic) bond motifs is 2. The third-order valence-corrected chi connectivity index (χ3v) is 9.07. The van der Waals surface area contributed by atoms with Gasteiger partial charge in [0.25, 0.3) is 0 Å². The highest BCUT2D eigenvalue weighted by molar-refractivity contribution is 5.89. The second kappa shape index (κ2) is 12.9. The number of rotatable bonds is 10. The van der Waals surface area contributed by atoms with Crippen LogP contribution in [0.15, 0.2) is 36.5 Å². The number of aromatic nitrogens is 3. The number of esters is 1. The summed E-state index contributed by atoms with van der Waals surface area (Å²) in [5.74, 6) is 0.620. The standard InChI is InChI=1S/C34H46FN5O3/c1-34(2,3)43-33(41)31(28-11-6-8-24-20-37-40(30(24)28)27-16-19-42-22-27)39-18-15-25(21-39)29(35)12-5-4-10-26-14-13-23-9-7-17-36-32(23)38-26/h6,8,11,13-14,20,25,27,29,31H,4-5,7,9-10,12,15-19,21-22H2,1-3H3,(H,36,38)/t25?,27?,29-,31?/m0/s1. The van der Waals surface area contributed by atoms with E-state index in [0.29, 0.717) is 32.7 Å². The Hall–Kier alpha value is -3.04. The number of hydrogen-bond acceptors (Lipinski definition) is 7. The SMILES string of the molecule is CC(C)(C)OC(=O)C(c1cccc2cnn(C3CCOC3)c12)N1CCC([C@@H](F)CCCCc2ccc3c(n2)NCCC3)C1. The van der Waals surface area contributed by atoms with Crippen molar-refractivity contribution in [3.05, 3.63) is 53.3 Å². The lowest BCUT2D eigenvalue weighted by Gasteiger charge is -2.31. The maximum absolute atomic E-state index is 15.6. The molecule has 8 nitrogen and oxygen atoms in total. The van der Waals surface area contributed by atoms with Gasteiger partial charge in [-0.3, -0.25) is 9.58 Å². The lowest BCUT2D eigenvalue weighted by molar-refractivity contribution is -0.161. The Balaban J connectivity index is 1.13. The van der Waals surface area contributed by atoms with Crippen LogP contribution in [0.1, 0.15) is 88.2 Å². The highest BCUT2D eigenvalue weighted by Crippen LogP contribution is 2.37. The molecule has 0 amide bonds. The summed E-state index contributed by atoms with van der Waals surface area (Å²) in [5, 5.41) is 9.09. The fourth-order valence-electron chi connectivity index (χ4n) is 6.91. The van der Waals surface area contributed by atoms with Gasteiger partial charge < -0.3 is 14.8 Å². The van der Waals surface area contributed by atoms with E-state index in [1.54, 1.807) is 0 Å². The fraction of sp³-hybridized carbons (Fsp3) is 0.618. The van der Waals surface area contributed by atoms with E-state index in [9.17, 15) is 4.79 Å². The first-order valence-corrected chi connectivity index (χ1v) is 16.1. The monoisotopic (exact) mass is 591 g/mol. The highest BCUT2D eigenvalue weighted by Gasteiger charge is 2.40. The number of hydrogen-bond donors (Lipinski definition) is 1. The molecule has 2 fully saturated rings. The first-order chi connectivity index (χ1) is 20.8. The largest absolute Gasteiger partial charge is 0.459 e. The molecule has 0 spiro atoms. The van der Waals surface area contributed by atoms with E-state index in [1.807, 2.05) is 49.8 Å². The summed E-state index contributed by atoms with van der Waals surface area (Å²) in [6.07, 6.45) is 7.94. The number of anilines is 1. The quantitative estimate of drug-likeness (QED) is 0.222. The number of benzene rings is 1. The molecular weight excluding hydrogens is 545 g/mol. The molecule has 1 aromatic carbocycles. The predicted octanol–water partition coefficient (Wildman–Crippen LogP) is 6.21. The zero-order valence-corrected chi connectivity index (χ0v) is 25.9. The molecule has 6 rings (SSSR count). The fourth-order valence-corrected chi connectivity index (χ4v) is 6.91. The lowest BCUT2D eigenvalue weighted by atomic mass is 9.97. The van der Waals surface area contributed by atoms with Gasteiger partial charge in [-0.1, -0.05) is 30.7 Å². The van der Waals surface area contributed by atoms with Crippen LogP contribution in [0.5, 0.6) is 0 Å². The van der Waals surface area contributed by atoms with Crippen LogP contribution < -0.4 is 5.32 Å². The number of halogens is 1. The number of pyridine rings is 1. The maximum atomic E-state index is 15.6. The number of nitrogens with zero attached hydrogens (tertiary/aromatic N) is 4. The Bertz CT molecular complexity index is 1410. The van der Waals surface area contributed by atoms with E-state index >= 15 is 4.39 Å². The van der Waals surface area contributed by atoms with Gasteiger partial charge in [0.05, 0.1) is 24.4 Å². The van der Waals surface area contributed by atoms with Crippen LogP contribution in [0.2, 0.25) is 0 Å². The van der Waals surface area contributed by atoms with Crippen molar-refractivity contribution in [2.75, 3.05) is 38.2 Å². The molecule has 3 aliphatic rings. The smallest absolute Gasteiger partial charge is 0.328 e. The number of ether oxygens (including phenoxy) is 2. The van der Waals surface area contributed by atoms with Gasteiger partial charge in [-0.15, -0.1) is 0 Å². The van der Waals surface area contributed by atoms with Crippen LogP contribution in [0.25, 0.3) is 10.9 Å². The molecule has 0 saturated carbocycles. The van der Waals surface area contributed by atoms with Crippen LogP contribution >= 0.6 is 0 Å². The maximum Gasteiger partial charge on any atom is 0.328 e. The number of nitrogens with one attached hydrogen (secondary N) is 1. The molecule has 0 aliphatic carbocycles. The van der Waals surface area contributed by atoms with E-state index in [-0.39, 0.29) is 17.9 Å². The number of unbranched alkanes of at least 4 members (excludes halogenated alkanes) is 1. The van der Waals surface area contributed by atoms with Gasteiger partial charge in [-0.05, 0) is 83.9 Å². The van der Waals surface area contributed by atoms with E-state index in [2.05, 4.69) is 22.3 Å². The van der Waals surface area contributed by atoms with Gasteiger partial charge in [0.2, 0.25) is 0 Å². The third-order valence-electron chi connectivity index (χ3n) is 9.07. The number of aryl methyl sites for hydroxylation is 2. The second-order valence-corrected chi connectivity index (χ2v) is 13.5. The third kappa shape index (κ3) is 6.88. The van der Waals surface area contributed by atoms with Gasteiger partial charge in [0.15, 0.2) is 0 Å². The van der Waals surface area contributed by atoms with Crippen molar-refractivity contribution in [3.63, 3.8) is 0 Å². The van der Waals surface area contributed by atoms with Crippen LogP contribution in [0, 0.1) is 5.92 Å². The number of carbonyl (C=O) groups excluding carboxylic acids is 1. The van der Waals surface area contributed by atoms with Crippen LogP contribution in [-0.4, -0.2) is 70.3 Å². The normalized spacial score (nSPS) is 22.3. The number of likely N-dealkylation sites (tertiary alicyclic amines) is 1.